The van der Waals surface area contributed by atoms with E-state index < -0.39 is 0 Å². The van der Waals surface area contributed by atoms with E-state index in [0.717, 1.165) is 0 Å². The van der Waals surface area contributed by atoms with Gasteiger partial charge in [0.25, 0.3) is 0 Å². The van der Waals surface area contributed by atoms with E-state index in [-0.39, 0.29) is 62.2 Å². The molecule has 0 fully saturated rings. The van der Waals surface area contributed by atoms with Gasteiger partial charge in [-0.25, -0.2) is 0 Å². The second-order valence-corrected chi connectivity index (χ2v) is 2.36. The first-order valence-corrected chi connectivity index (χ1v) is 3.10. The molecule has 0 aliphatic carbocycles. The summed E-state index contributed by atoms with van der Waals surface area (Å²) in [5.74, 6) is 0.0177. The van der Waals surface area contributed by atoms with Crippen LogP contribution in [0.4, 0.5) is 0 Å². The van der Waals surface area contributed by atoms with Crippen LogP contribution >= 0.6 is 23.2 Å². The summed E-state index contributed by atoms with van der Waals surface area (Å²) >= 11 is 11.0. The topological polar surface area (TPSA) is 20.2 Å². The summed E-state index contributed by atoms with van der Waals surface area (Å²) < 4.78 is 0. The van der Waals surface area contributed by atoms with Gasteiger partial charge in [-0.1, -0.05) is 29.3 Å². The molecule has 1 aromatic carbocycles. The minimum absolute atomic E-state index is 0. The molecular weight excluding hydrogens is 198 g/mol. The standard InChI is InChI=1S/C6H4Cl2O.K/c7-4-2-1-3-5(9)6(4)8;/h1-3,9H;. The summed E-state index contributed by atoms with van der Waals surface area (Å²) in [6.07, 6.45) is 0. The third-order valence-electron chi connectivity index (χ3n) is 0.931. The fourth-order valence-corrected chi connectivity index (χ4v) is 0.788. The summed E-state index contributed by atoms with van der Waals surface area (Å²) in [5, 5.41) is 9.46. The summed E-state index contributed by atoms with van der Waals surface area (Å²) in [6.45, 7) is 0. The number of rotatable bonds is 0. The van der Waals surface area contributed by atoms with Gasteiger partial charge in [0.15, 0.2) is 0 Å². The fraction of sp³-hybridized carbons (Fsp3) is 0. The predicted molar refractivity (Wildman–Crippen MR) is 43.9 cm³/mol. The minimum Gasteiger partial charge on any atom is -0.506 e. The van der Waals surface area contributed by atoms with Crippen molar-refractivity contribution in [3.05, 3.63) is 28.2 Å². The van der Waals surface area contributed by atoms with Gasteiger partial charge in [0.1, 0.15) is 10.8 Å². The van der Waals surface area contributed by atoms with Gasteiger partial charge in [-0.05, 0) is 12.1 Å². The number of hydrogen-bond donors (Lipinski definition) is 1. The molecule has 0 amide bonds. The Labute approximate surface area is 112 Å². The zero-order valence-electron chi connectivity index (χ0n) is 5.44. The van der Waals surface area contributed by atoms with Gasteiger partial charge in [-0.2, -0.15) is 0 Å². The van der Waals surface area contributed by atoms with E-state index in [4.69, 9.17) is 28.3 Å². The molecule has 1 rings (SSSR count). The smallest absolute Gasteiger partial charge is 0.135 e. The van der Waals surface area contributed by atoms with Crippen molar-refractivity contribution in [3.8, 4) is 5.75 Å². The summed E-state index contributed by atoms with van der Waals surface area (Å²) in [4.78, 5) is 0. The summed E-state index contributed by atoms with van der Waals surface area (Å²) in [7, 11) is 0. The quantitative estimate of drug-likeness (QED) is 0.640. The van der Waals surface area contributed by atoms with Crippen molar-refractivity contribution in [2.24, 2.45) is 0 Å². The maximum atomic E-state index is 8.88. The van der Waals surface area contributed by atoms with Crippen LogP contribution in [-0.2, 0) is 0 Å². The number of phenols is 1. The number of halogens is 2. The fourth-order valence-electron chi connectivity index (χ4n) is 0.492. The number of phenolic OH excluding ortho intramolecular Hbond substituents is 1. The molecule has 0 spiro atoms. The van der Waals surface area contributed by atoms with Gasteiger partial charge in [0, 0.05) is 51.4 Å². The average Bonchev–Trinajstić information content (AvgIpc) is 1.83. The molecule has 4 heteroatoms. The number of hydrogen-bond acceptors (Lipinski definition) is 1. The maximum absolute atomic E-state index is 8.88. The van der Waals surface area contributed by atoms with E-state index in [1.54, 1.807) is 12.1 Å². The molecule has 0 unspecified atom stereocenters. The van der Waals surface area contributed by atoms with Crippen molar-refractivity contribution in [2.45, 2.75) is 0 Å². The molecule has 1 aromatic rings. The molecule has 0 bridgehead atoms. The summed E-state index contributed by atoms with van der Waals surface area (Å²) in [5.41, 5.74) is 0. The van der Waals surface area contributed by atoms with Crippen LogP contribution in [-0.4, -0.2) is 56.5 Å². The summed E-state index contributed by atoms with van der Waals surface area (Å²) in [6, 6.07) is 4.72. The molecule has 0 aromatic heterocycles. The van der Waals surface area contributed by atoms with Crippen LogP contribution < -0.4 is 0 Å². The van der Waals surface area contributed by atoms with Crippen LogP contribution in [0.1, 0.15) is 0 Å². The average molecular weight is 202 g/mol. The largest absolute Gasteiger partial charge is 0.506 e. The zero-order chi connectivity index (χ0) is 6.85. The third-order valence-corrected chi connectivity index (χ3v) is 1.74. The SMILES string of the molecule is Oc1cccc(Cl)c1Cl.[K]. The Hall–Kier alpha value is 1.24. The number of benzene rings is 1. The van der Waals surface area contributed by atoms with Crippen LogP contribution in [0.15, 0.2) is 18.2 Å². The molecule has 0 heterocycles. The third kappa shape index (κ3) is 2.70. The Morgan fingerprint density at radius 1 is 1.20 bits per heavy atom. The molecule has 0 aliphatic heterocycles. The van der Waals surface area contributed by atoms with Crippen molar-refractivity contribution in [1.29, 1.82) is 0 Å². The molecule has 1 radical (unpaired) electrons. The normalized spacial score (nSPS) is 8.60. The van der Waals surface area contributed by atoms with Gasteiger partial charge < -0.3 is 5.11 Å². The Balaban J connectivity index is 0.000000810. The first kappa shape index (κ1) is 11.2. The second kappa shape index (κ2) is 4.98. The molecular formula is C6H4Cl2KO. The van der Waals surface area contributed by atoms with Gasteiger partial charge in [-0.15, -0.1) is 0 Å². The van der Waals surface area contributed by atoms with Crippen LogP contribution in [0.5, 0.6) is 5.75 Å². The van der Waals surface area contributed by atoms with Crippen LogP contribution in [0.3, 0.4) is 0 Å². The maximum Gasteiger partial charge on any atom is 0.135 e. The van der Waals surface area contributed by atoms with Gasteiger partial charge in [0.05, 0.1) is 5.02 Å². The van der Waals surface area contributed by atoms with Crippen molar-refractivity contribution in [2.75, 3.05) is 0 Å². The first-order valence-electron chi connectivity index (χ1n) is 2.35. The van der Waals surface area contributed by atoms with E-state index in [1.165, 1.54) is 6.07 Å². The van der Waals surface area contributed by atoms with Crippen molar-refractivity contribution in [1.82, 2.24) is 0 Å². The molecule has 1 nitrogen and oxygen atoms in total. The van der Waals surface area contributed by atoms with Crippen molar-refractivity contribution < 1.29 is 5.11 Å². The minimum atomic E-state index is 0. The van der Waals surface area contributed by atoms with Crippen LogP contribution in [0, 0.1) is 0 Å². The first-order chi connectivity index (χ1) is 4.22. The Bertz CT molecular complexity index is 207. The molecule has 1 N–H and O–H groups in total. The van der Waals surface area contributed by atoms with Crippen molar-refractivity contribution >= 4 is 74.6 Å². The Morgan fingerprint density at radius 3 is 2.20 bits per heavy atom. The van der Waals surface area contributed by atoms with Gasteiger partial charge >= 0.3 is 0 Å². The van der Waals surface area contributed by atoms with E-state index >= 15 is 0 Å². The van der Waals surface area contributed by atoms with E-state index in [1.807, 2.05) is 0 Å². The van der Waals surface area contributed by atoms with Crippen LogP contribution in [0.2, 0.25) is 10.0 Å². The Kier molecular flexibility index (Phi) is 5.60. The zero-order valence-corrected chi connectivity index (χ0v) is 10.1. The Morgan fingerprint density at radius 2 is 1.80 bits per heavy atom. The molecule has 0 aliphatic rings. The molecule has 0 saturated heterocycles. The van der Waals surface area contributed by atoms with E-state index in [9.17, 15) is 0 Å². The monoisotopic (exact) mass is 201 g/mol. The number of aromatic hydroxyl groups is 1. The molecule has 49 valence electrons. The molecule has 0 atom stereocenters. The molecule has 0 saturated carbocycles. The second-order valence-electron chi connectivity index (χ2n) is 1.57. The van der Waals surface area contributed by atoms with Gasteiger partial charge in [-0.3, -0.25) is 0 Å². The van der Waals surface area contributed by atoms with E-state index in [2.05, 4.69) is 0 Å². The van der Waals surface area contributed by atoms with Crippen LogP contribution in [0.25, 0.3) is 0 Å². The predicted octanol–water partition coefficient (Wildman–Crippen LogP) is 2.32. The molecule has 10 heavy (non-hydrogen) atoms. The van der Waals surface area contributed by atoms with Gasteiger partial charge in [0.2, 0.25) is 0 Å². The van der Waals surface area contributed by atoms with E-state index in [0.29, 0.717) is 5.02 Å². The van der Waals surface area contributed by atoms with Crippen molar-refractivity contribution in [3.63, 3.8) is 0 Å².